The Morgan fingerprint density at radius 1 is 1.64 bits per heavy atom. The van der Waals surface area contributed by atoms with Crippen molar-refractivity contribution in [1.29, 1.82) is 0 Å². The van der Waals surface area contributed by atoms with Gasteiger partial charge in [0.2, 0.25) is 0 Å². The van der Waals surface area contributed by atoms with E-state index < -0.39 is 0 Å². The quantitative estimate of drug-likeness (QED) is 0.743. The van der Waals surface area contributed by atoms with Gasteiger partial charge in [-0.15, -0.1) is 0 Å². The molecule has 3 N–H and O–H groups in total. The summed E-state index contributed by atoms with van der Waals surface area (Å²) in [5, 5.41) is 8.93. The average Bonchev–Trinajstić information content (AvgIpc) is 2.18. The highest BCUT2D eigenvalue weighted by atomic mass is 16.3. The molecule has 4 heteroatoms. The molecule has 0 aliphatic carbocycles. The van der Waals surface area contributed by atoms with Crippen LogP contribution < -0.4 is 10.6 Å². The second kappa shape index (κ2) is 4.81. The van der Waals surface area contributed by atoms with Crippen molar-refractivity contribution in [2.24, 2.45) is 5.92 Å². The van der Waals surface area contributed by atoms with E-state index in [4.69, 9.17) is 10.8 Å². The van der Waals surface area contributed by atoms with E-state index in [1.54, 1.807) is 12.4 Å². The van der Waals surface area contributed by atoms with E-state index in [0.29, 0.717) is 5.69 Å². The lowest BCUT2D eigenvalue weighted by Crippen LogP contribution is -2.26. The molecule has 1 unspecified atom stereocenters. The summed E-state index contributed by atoms with van der Waals surface area (Å²) >= 11 is 0. The van der Waals surface area contributed by atoms with Crippen LogP contribution in [-0.4, -0.2) is 30.3 Å². The van der Waals surface area contributed by atoms with Crippen molar-refractivity contribution in [3.8, 4) is 0 Å². The van der Waals surface area contributed by atoms with Crippen LogP contribution in [0.2, 0.25) is 0 Å². The number of aliphatic hydroxyl groups excluding tert-OH is 1. The van der Waals surface area contributed by atoms with Crippen LogP contribution in [0.5, 0.6) is 0 Å². The van der Waals surface area contributed by atoms with Gasteiger partial charge in [0.15, 0.2) is 0 Å². The van der Waals surface area contributed by atoms with Crippen molar-refractivity contribution in [3.63, 3.8) is 0 Å². The minimum absolute atomic E-state index is 0.190. The van der Waals surface area contributed by atoms with Gasteiger partial charge in [0.1, 0.15) is 0 Å². The third-order valence-corrected chi connectivity index (χ3v) is 2.14. The van der Waals surface area contributed by atoms with E-state index in [-0.39, 0.29) is 12.5 Å². The largest absolute Gasteiger partial charge is 0.396 e. The molecule has 0 spiro atoms. The lowest BCUT2D eigenvalue weighted by Gasteiger charge is -2.23. The van der Waals surface area contributed by atoms with Crippen LogP contribution in [0.1, 0.15) is 6.92 Å². The van der Waals surface area contributed by atoms with Crippen molar-refractivity contribution in [1.82, 2.24) is 4.98 Å². The van der Waals surface area contributed by atoms with Gasteiger partial charge in [-0.25, -0.2) is 0 Å². The van der Waals surface area contributed by atoms with Gasteiger partial charge >= 0.3 is 0 Å². The molecule has 0 saturated heterocycles. The molecule has 0 bridgehead atoms. The van der Waals surface area contributed by atoms with Crippen LogP contribution in [-0.2, 0) is 0 Å². The Bertz CT molecular complexity index is 290. The lowest BCUT2D eigenvalue weighted by molar-refractivity contribution is 0.240. The van der Waals surface area contributed by atoms with Gasteiger partial charge in [-0.2, -0.15) is 0 Å². The fraction of sp³-hybridized carbons (Fsp3) is 0.500. The number of anilines is 2. The lowest BCUT2D eigenvalue weighted by atomic mass is 10.2. The standard InChI is InChI=1S/C10H17N3O/c1-8(7-14)6-13(2)10-3-4-12-5-9(10)11/h3-5,8,14H,6-7,11H2,1-2H3. The molecule has 0 aliphatic heterocycles. The van der Waals surface area contributed by atoms with Crippen molar-refractivity contribution < 1.29 is 5.11 Å². The monoisotopic (exact) mass is 195 g/mol. The molecule has 0 fully saturated rings. The summed E-state index contributed by atoms with van der Waals surface area (Å²) in [4.78, 5) is 5.95. The van der Waals surface area contributed by atoms with Crippen molar-refractivity contribution in [3.05, 3.63) is 18.5 Å². The van der Waals surface area contributed by atoms with Crippen LogP contribution in [0.3, 0.4) is 0 Å². The first-order chi connectivity index (χ1) is 6.65. The van der Waals surface area contributed by atoms with Gasteiger partial charge in [0, 0.05) is 26.4 Å². The zero-order chi connectivity index (χ0) is 10.6. The molecule has 1 rings (SSSR count). The Kier molecular flexibility index (Phi) is 3.71. The van der Waals surface area contributed by atoms with Crippen LogP contribution >= 0.6 is 0 Å². The van der Waals surface area contributed by atoms with Gasteiger partial charge < -0.3 is 15.7 Å². The molecule has 0 aromatic carbocycles. The van der Waals surface area contributed by atoms with E-state index in [1.165, 1.54) is 0 Å². The molecule has 0 amide bonds. The van der Waals surface area contributed by atoms with Gasteiger partial charge in [-0.05, 0) is 12.0 Å². The van der Waals surface area contributed by atoms with E-state index in [9.17, 15) is 0 Å². The van der Waals surface area contributed by atoms with Crippen molar-refractivity contribution in [2.75, 3.05) is 30.8 Å². The summed E-state index contributed by atoms with van der Waals surface area (Å²) in [6.07, 6.45) is 3.35. The summed E-state index contributed by atoms with van der Waals surface area (Å²) in [7, 11) is 1.96. The molecule has 1 heterocycles. The van der Waals surface area contributed by atoms with E-state index >= 15 is 0 Å². The Labute approximate surface area is 84.4 Å². The van der Waals surface area contributed by atoms with E-state index in [0.717, 1.165) is 12.2 Å². The summed E-state index contributed by atoms with van der Waals surface area (Å²) in [6, 6.07) is 1.87. The van der Waals surface area contributed by atoms with Crippen LogP contribution in [0.25, 0.3) is 0 Å². The molecule has 1 aromatic heterocycles. The molecular weight excluding hydrogens is 178 g/mol. The number of nitrogen functional groups attached to an aromatic ring is 1. The van der Waals surface area contributed by atoms with Gasteiger partial charge in [0.05, 0.1) is 17.6 Å². The smallest absolute Gasteiger partial charge is 0.0738 e. The molecule has 4 nitrogen and oxygen atoms in total. The molecule has 0 aliphatic rings. The van der Waals surface area contributed by atoms with E-state index in [1.807, 2.05) is 24.9 Å². The first-order valence-electron chi connectivity index (χ1n) is 4.66. The number of pyridine rings is 1. The van der Waals surface area contributed by atoms with Gasteiger partial charge in [-0.1, -0.05) is 6.92 Å². The molecule has 0 radical (unpaired) electrons. The topological polar surface area (TPSA) is 62.4 Å². The van der Waals surface area contributed by atoms with Crippen molar-refractivity contribution in [2.45, 2.75) is 6.92 Å². The fourth-order valence-electron chi connectivity index (χ4n) is 1.37. The zero-order valence-corrected chi connectivity index (χ0v) is 8.64. The number of nitrogens with zero attached hydrogens (tertiary/aromatic N) is 2. The maximum Gasteiger partial charge on any atom is 0.0738 e. The minimum atomic E-state index is 0.190. The normalized spacial score (nSPS) is 12.5. The van der Waals surface area contributed by atoms with Gasteiger partial charge in [-0.3, -0.25) is 4.98 Å². The fourth-order valence-corrected chi connectivity index (χ4v) is 1.37. The number of aromatic nitrogens is 1. The number of rotatable bonds is 4. The summed E-state index contributed by atoms with van der Waals surface area (Å²) < 4.78 is 0. The minimum Gasteiger partial charge on any atom is -0.396 e. The summed E-state index contributed by atoms with van der Waals surface area (Å²) in [6.45, 7) is 2.97. The number of hydrogen-bond acceptors (Lipinski definition) is 4. The molecule has 1 atom stereocenters. The number of nitrogens with two attached hydrogens (primary N) is 1. The van der Waals surface area contributed by atoms with Crippen molar-refractivity contribution >= 4 is 11.4 Å². The van der Waals surface area contributed by atoms with Gasteiger partial charge in [0.25, 0.3) is 0 Å². The number of aliphatic hydroxyl groups is 1. The first-order valence-corrected chi connectivity index (χ1v) is 4.66. The highest BCUT2D eigenvalue weighted by Gasteiger charge is 2.08. The third-order valence-electron chi connectivity index (χ3n) is 2.14. The van der Waals surface area contributed by atoms with E-state index in [2.05, 4.69) is 4.98 Å². The highest BCUT2D eigenvalue weighted by Crippen LogP contribution is 2.20. The van der Waals surface area contributed by atoms with Crippen LogP contribution in [0, 0.1) is 5.92 Å². The zero-order valence-electron chi connectivity index (χ0n) is 8.64. The Morgan fingerprint density at radius 3 is 2.93 bits per heavy atom. The summed E-state index contributed by atoms with van der Waals surface area (Å²) in [5.74, 6) is 0.243. The molecule has 78 valence electrons. The predicted octanol–water partition coefficient (Wildman–Crippen LogP) is 0.728. The Balaban J connectivity index is 2.69. The van der Waals surface area contributed by atoms with Crippen LogP contribution in [0.4, 0.5) is 11.4 Å². The number of hydrogen-bond donors (Lipinski definition) is 2. The Morgan fingerprint density at radius 2 is 2.36 bits per heavy atom. The highest BCUT2D eigenvalue weighted by molar-refractivity contribution is 5.65. The maximum absolute atomic E-state index is 8.93. The first kappa shape index (κ1) is 10.8. The molecule has 1 aromatic rings. The molecule has 14 heavy (non-hydrogen) atoms. The Hall–Kier alpha value is -1.29. The predicted molar refractivity (Wildman–Crippen MR) is 58.2 cm³/mol. The average molecular weight is 195 g/mol. The second-order valence-electron chi connectivity index (χ2n) is 3.60. The maximum atomic E-state index is 8.93. The third kappa shape index (κ3) is 2.60. The SMILES string of the molecule is CC(CO)CN(C)c1ccncc1N. The van der Waals surface area contributed by atoms with Crippen LogP contribution in [0.15, 0.2) is 18.5 Å². The molecule has 0 saturated carbocycles. The summed E-state index contributed by atoms with van der Waals surface area (Å²) in [5.41, 5.74) is 7.40. The second-order valence-corrected chi connectivity index (χ2v) is 3.60. The molecular formula is C10H17N3O.